The van der Waals surface area contributed by atoms with Gasteiger partial charge in [-0.15, -0.1) is 0 Å². The Labute approximate surface area is 115 Å². The molecule has 0 bridgehead atoms. The van der Waals surface area contributed by atoms with Crippen LogP contribution in [-0.2, 0) is 6.54 Å². The highest BCUT2D eigenvalue weighted by Gasteiger charge is 2.22. The fourth-order valence-electron chi connectivity index (χ4n) is 2.34. The van der Waals surface area contributed by atoms with E-state index in [0.29, 0.717) is 22.6 Å². The molecule has 5 heteroatoms. The molecule has 1 aliphatic rings. The van der Waals surface area contributed by atoms with Gasteiger partial charge < -0.3 is 15.7 Å². The van der Waals surface area contributed by atoms with Gasteiger partial charge >= 0.3 is 0 Å². The molecule has 1 heterocycles. The van der Waals surface area contributed by atoms with Crippen molar-refractivity contribution in [1.29, 1.82) is 0 Å². The van der Waals surface area contributed by atoms with Crippen LogP contribution in [0.15, 0.2) is 16.6 Å². The Hall–Kier alpha value is -0.650. The second-order valence-electron chi connectivity index (χ2n) is 4.69. The minimum absolute atomic E-state index is 0.228. The van der Waals surface area contributed by atoms with Gasteiger partial charge in [0, 0.05) is 26.2 Å². The number of nitrogens with two attached hydrogens (primary N) is 1. The number of hydrogen-bond donors (Lipinski definition) is 2. The van der Waals surface area contributed by atoms with E-state index in [4.69, 9.17) is 10.8 Å². The summed E-state index contributed by atoms with van der Waals surface area (Å²) in [5, 5.41) is 9.10. The van der Waals surface area contributed by atoms with Crippen LogP contribution in [0.5, 0.6) is 0 Å². The number of hydrogen-bond acceptors (Lipinski definition) is 3. The Bertz CT molecular complexity index is 420. The van der Waals surface area contributed by atoms with Crippen LogP contribution in [0.2, 0.25) is 0 Å². The van der Waals surface area contributed by atoms with Crippen LogP contribution in [0.25, 0.3) is 0 Å². The molecule has 0 unspecified atom stereocenters. The van der Waals surface area contributed by atoms with Gasteiger partial charge in [0.15, 0.2) is 5.82 Å². The number of benzene rings is 1. The molecule has 0 aliphatic carbocycles. The molecule has 1 aliphatic heterocycles. The maximum Gasteiger partial charge on any atom is 0.160 e. The Morgan fingerprint density at radius 3 is 2.61 bits per heavy atom. The normalized spacial score (nSPS) is 17.2. The lowest BCUT2D eigenvalue weighted by molar-refractivity contribution is 0.203. The Balaban J connectivity index is 2.17. The third-order valence-electron chi connectivity index (χ3n) is 3.58. The summed E-state index contributed by atoms with van der Waals surface area (Å²) in [5.41, 5.74) is 6.95. The number of aliphatic hydroxyl groups is 1. The van der Waals surface area contributed by atoms with E-state index < -0.39 is 0 Å². The lowest BCUT2D eigenvalue weighted by Gasteiger charge is -2.33. The smallest absolute Gasteiger partial charge is 0.160 e. The third kappa shape index (κ3) is 2.68. The quantitative estimate of drug-likeness (QED) is 0.899. The van der Waals surface area contributed by atoms with Crippen molar-refractivity contribution in [3.63, 3.8) is 0 Å². The zero-order valence-corrected chi connectivity index (χ0v) is 11.8. The minimum atomic E-state index is -0.236. The molecular formula is C13H18BrFN2O. The Morgan fingerprint density at radius 1 is 1.39 bits per heavy atom. The van der Waals surface area contributed by atoms with Crippen molar-refractivity contribution in [1.82, 2.24) is 0 Å². The first-order valence-corrected chi connectivity index (χ1v) is 6.99. The van der Waals surface area contributed by atoms with Crippen LogP contribution in [0.3, 0.4) is 0 Å². The summed E-state index contributed by atoms with van der Waals surface area (Å²) in [5.74, 6) is 0.122. The van der Waals surface area contributed by atoms with Crippen molar-refractivity contribution >= 4 is 21.6 Å². The average molecular weight is 317 g/mol. The minimum Gasteiger partial charge on any atom is -0.396 e. The number of piperidine rings is 1. The van der Waals surface area contributed by atoms with E-state index in [-0.39, 0.29) is 12.4 Å². The molecule has 100 valence electrons. The molecule has 3 nitrogen and oxygen atoms in total. The molecule has 1 aromatic carbocycles. The predicted molar refractivity (Wildman–Crippen MR) is 74.0 cm³/mol. The highest BCUT2D eigenvalue weighted by Crippen LogP contribution is 2.31. The molecule has 1 aromatic rings. The predicted octanol–water partition coefficient (Wildman–Crippen LogP) is 2.26. The molecule has 0 spiro atoms. The van der Waals surface area contributed by atoms with E-state index in [1.165, 1.54) is 0 Å². The average Bonchev–Trinajstić information content (AvgIpc) is 2.42. The second-order valence-corrected chi connectivity index (χ2v) is 5.48. The number of halogens is 2. The highest BCUT2D eigenvalue weighted by molar-refractivity contribution is 9.10. The van der Waals surface area contributed by atoms with Gasteiger partial charge in [0.1, 0.15) is 0 Å². The number of anilines is 1. The molecule has 1 fully saturated rings. The van der Waals surface area contributed by atoms with Crippen molar-refractivity contribution in [2.24, 2.45) is 11.7 Å². The second kappa shape index (κ2) is 5.99. The molecule has 0 saturated carbocycles. The van der Waals surface area contributed by atoms with Gasteiger partial charge in [0.2, 0.25) is 0 Å². The summed E-state index contributed by atoms with van der Waals surface area (Å²) in [6, 6.07) is 3.65. The van der Waals surface area contributed by atoms with Gasteiger partial charge in [0.05, 0.1) is 10.2 Å². The third-order valence-corrected chi connectivity index (χ3v) is 4.43. The number of nitrogens with zero attached hydrogens (tertiary/aromatic N) is 1. The monoisotopic (exact) mass is 316 g/mol. The fraction of sp³-hybridized carbons (Fsp3) is 0.538. The summed E-state index contributed by atoms with van der Waals surface area (Å²) in [7, 11) is 0. The largest absolute Gasteiger partial charge is 0.396 e. The van der Waals surface area contributed by atoms with Crippen molar-refractivity contribution < 1.29 is 9.50 Å². The number of rotatable bonds is 3. The van der Waals surface area contributed by atoms with Gasteiger partial charge in [0.25, 0.3) is 0 Å². The maximum atomic E-state index is 14.2. The summed E-state index contributed by atoms with van der Waals surface area (Å²) < 4.78 is 14.7. The van der Waals surface area contributed by atoms with E-state index >= 15 is 0 Å². The van der Waals surface area contributed by atoms with Gasteiger partial charge in [-0.05, 0) is 46.3 Å². The Morgan fingerprint density at radius 2 is 2.06 bits per heavy atom. The summed E-state index contributed by atoms with van der Waals surface area (Å²) in [4.78, 5) is 2.03. The fourth-order valence-corrected chi connectivity index (χ4v) is 2.83. The van der Waals surface area contributed by atoms with Gasteiger partial charge in [-0.25, -0.2) is 4.39 Å². The molecule has 0 radical (unpaired) electrons. The molecule has 3 N–H and O–H groups in total. The molecule has 0 atom stereocenters. The first-order chi connectivity index (χ1) is 8.67. The van der Waals surface area contributed by atoms with Crippen LogP contribution in [0.4, 0.5) is 10.1 Å². The summed E-state index contributed by atoms with van der Waals surface area (Å²) in [6.07, 6.45) is 1.82. The van der Waals surface area contributed by atoms with Crippen molar-refractivity contribution in [3.05, 3.63) is 28.0 Å². The standard InChI is InChI=1S/C13H18BrFN2O/c14-12-10(7-16)1-2-11(13(12)15)17-5-3-9(8-18)4-6-17/h1-2,9,18H,3-8,16H2. The van der Waals surface area contributed by atoms with Gasteiger partial charge in [-0.1, -0.05) is 6.07 Å². The molecule has 0 amide bonds. The van der Waals surface area contributed by atoms with Gasteiger partial charge in [-0.2, -0.15) is 0 Å². The van der Waals surface area contributed by atoms with Crippen molar-refractivity contribution in [2.75, 3.05) is 24.6 Å². The molecule has 1 saturated heterocycles. The van der Waals surface area contributed by atoms with E-state index in [2.05, 4.69) is 15.9 Å². The lowest BCUT2D eigenvalue weighted by Crippen LogP contribution is -2.35. The van der Waals surface area contributed by atoms with Crippen LogP contribution in [0, 0.1) is 11.7 Å². The van der Waals surface area contributed by atoms with Crippen LogP contribution >= 0.6 is 15.9 Å². The maximum absolute atomic E-state index is 14.2. The topological polar surface area (TPSA) is 49.5 Å². The summed E-state index contributed by atoms with van der Waals surface area (Å²) in [6.45, 7) is 2.13. The van der Waals surface area contributed by atoms with Crippen LogP contribution in [-0.4, -0.2) is 24.8 Å². The van der Waals surface area contributed by atoms with E-state index in [1.54, 1.807) is 6.07 Å². The zero-order chi connectivity index (χ0) is 13.1. The van der Waals surface area contributed by atoms with Crippen molar-refractivity contribution in [2.45, 2.75) is 19.4 Å². The summed E-state index contributed by atoms with van der Waals surface area (Å²) >= 11 is 3.26. The first-order valence-electron chi connectivity index (χ1n) is 6.20. The van der Waals surface area contributed by atoms with E-state index in [0.717, 1.165) is 31.5 Å². The van der Waals surface area contributed by atoms with Gasteiger partial charge in [-0.3, -0.25) is 0 Å². The zero-order valence-electron chi connectivity index (χ0n) is 10.2. The molecule has 0 aromatic heterocycles. The lowest BCUT2D eigenvalue weighted by atomic mass is 9.97. The van der Waals surface area contributed by atoms with Crippen LogP contribution in [0.1, 0.15) is 18.4 Å². The first kappa shape index (κ1) is 13.8. The number of aliphatic hydroxyl groups excluding tert-OH is 1. The molecule has 2 rings (SSSR count). The molecule has 18 heavy (non-hydrogen) atoms. The Kier molecular flexibility index (Phi) is 4.59. The van der Waals surface area contributed by atoms with E-state index in [1.807, 2.05) is 11.0 Å². The SMILES string of the molecule is NCc1ccc(N2CCC(CO)CC2)c(F)c1Br. The van der Waals surface area contributed by atoms with E-state index in [9.17, 15) is 4.39 Å². The van der Waals surface area contributed by atoms with Crippen LogP contribution < -0.4 is 10.6 Å². The van der Waals surface area contributed by atoms with Crippen molar-refractivity contribution in [3.8, 4) is 0 Å². The highest BCUT2D eigenvalue weighted by atomic mass is 79.9. The molecular weight excluding hydrogens is 299 g/mol.